The zero-order valence-corrected chi connectivity index (χ0v) is 8.64. The molecule has 0 unspecified atom stereocenters. The first-order valence-electron chi connectivity index (χ1n) is 4.55. The molecule has 1 heterocycles. The summed E-state index contributed by atoms with van der Waals surface area (Å²) in [5.41, 5.74) is 7.41. The number of hydrogen-bond donors (Lipinski definition) is 1. The highest BCUT2D eigenvalue weighted by Gasteiger charge is 2.05. The summed E-state index contributed by atoms with van der Waals surface area (Å²) in [4.78, 5) is 3.96. The molecule has 15 heavy (non-hydrogen) atoms. The van der Waals surface area contributed by atoms with Gasteiger partial charge >= 0.3 is 6.01 Å². The Morgan fingerprint density at radius 2 is 2.20 bits per heavy atom. The second-order valence-corrected chi connectivity index (χ2v) is 3.34. The van der Waals surface area contributed by atoms with Crippen LogP contribution in [0, 0.1) is 6.92 Å². The summed E-state index contributed by atoms with van der Waals surface area (Å²) < 4.78 is 7.01. The van der Waals surface area contributed by atoms with Crippen molar-refractivity contribution in [3.8, 4) is 11.8 Å². The van der Waals surface area contributed by atoms with E-state index in [0.29, 0.717) is 17.4 Å². The lowest BCUT2D eigenvalue weighted by Gasteiger charge is -2.05. The van der Waals surface area contributed by atoms with Gasteiger partial charge < -0.3 is 10.5 Å². The molecular weight excluding hydrogens is 192 g/mol. The summed E-state index contributed by atoms with van der Waals surface area (Å²) in [6, 6.07) is 5.88. The van der Waals surface area contributed by atoms with Crippen LogP contribution in [0.15, 0.2) is 24.5 Å². The molecule has 0 amide bonds. The fourth-order valence-electron chi connectivity index (χ4n) is 1.19. The van der Waals surface area contributed by atoms with E-state index in [1.807, 2.05) is 19.1 Å². The fraction of sp³-hybridized carbons (Fsp3) is 0.200. The summed E-state index contributed by atoms with van der Waals surface area (Å²) in [5.74, 6) is 0.584. The Kier molecular flexibility index (Phi) is 2.29. The van der Waals surface area contributed by atoms with Gasteiger partial charge in [-0.25, -0.2) is 0 Å². The van der Waals surface area contributed by atoms with E-state index in [1.54, 1.807) is 24.1 Å². The highest BCUT2D eigenvalue weighted by molar-refractivity contribution is 5.54. The first kappa shape index (κ1) is 9.51. The van der Waals surface area contributed by atoms with Crippen LogP contribution in [0.1, 0.15) is 5.56 Å². The monoisotopic (exact) mass is 204 g/mol. The number of nitrogens with zero attached hydrogens (tertiary/aromatic N) is 3. The Balaban J connectivity index is 2.27. The molecule has 0 aliphatic heterocycles. The van der Waals surface area contributed by atoms with Crippen LogP contribution >= 0.6 is 0 Å². The molecule has 0 bridgehead atoms. The van der Waals surface area contributed by atoms with E-state index < -0.39 is 0 Å². The molecule has 1 aromatic carbocycles. The number of aromatic nitrogens is 3. The average molecular weight is 204 g/mol. The minimum atomic E-state index is 0.301. The van der Waals surface area contributed by atoms with Crippen molar-refractivity contribution in [1.29, 1.82) is 0 Å². The van der Waals surface area contributed by atoms with E-state index in [4.69, 9.17) is 10.5 Å². The van der Waals surface area contributed by atoms with Gasteiger partial charge in [-0.3, -0.25) is 4.68 Å². The quantitative estimate of drug-likeness (QED) is 0.753. The third-order valence-corrected chi connectivity index (χ3v) is 1.95. The molecule has 1 aromatic heterocycles. The molecule has 0 saturated heterocycles. The average Bonchev–Trinajstić information content (AvgIpc) is 2.58. The van der Waals surface area contributed by atoms with Crippen molar-refractivity contribution in [3.05, 3.63) is 30.1 Å². The lowest BCUT2D eigenvalue weighted by molar-refractivity contribution is 0.440. The molecule has 0 radical (unpaired) electrons. The van der Waals surface area contributed by atoms with Crippen LogP contribution in [0.5, 0.6) is 11.8 Å². The summed E-state index contributed by atoms with van der Waals surface area (Å²) >= 11 is 0. The molecule has 0 saturated carbocycles. The molecule has 0 fully saturated rings. The molecule has 2 N–H and O–H groups in total. The SMILES string of the molecule is Cc1ccc(N)c(Oc2ncn(C)n2)c1. The standard InChI is InChI=1S/C10H12N4O/c1-7-3-4-8(11)9(5-7)15-10-12-6-14(2)13-10/h3-6H,11H2,1-2H3. The van der Waals surface area contributed by atoms with Crippen LogP contribution in [-0.2, 0) is 7.05 Å². The zero-order chi connectivity index (χ0) is 10.8. The second-order valence-electron chi connectivity index (χ2n) is 3.34. The molecular formula is C10H12N4O. The first-order valence-corrected chi connectivity index (χ1v) is 4.55. The molecule has 0 aliphatic carbocycles. The highest BCUT2D eigenvalue weighted by atomic mass is 16.5. The smallest absolute Gasteiger partial charge is 0.341 e. The van der Waals surface area contributed by atoms with Crippen molar-refractivity contribution in [3.63, 3.8) is 0 Å². The van der Waals surface area contributed by atoms with E-state index in [-0.39, 0.29) is 0 Å². The fourth-order valence-corrected chi connectivity index (χ4v) is 1.19. The van der Waals surface area contributed by atoms with Crippen molar-refractivity contribution in [2.45, 2.75) is 6.92 Å². The predicted octanol–water partition coefficient (Wildman–Crippen LogP) is 1.50. The van der Waals surface area contributed by atoms with Gasteiger partial charge in [-0.2, -0.15) is 4.98 Å². The van der Waals surface area contributed by atoms with Crippen LogP contribution < -0.4 is 10.5 Å². The lowest BCUT2D eigenvalue weighted by atomic mass is 10.2. The third-order valence-electron chi connectivity index (χ3n) is 1.95. The van der Waals surface area contributed by atoms with Crippen LogP contribution in [-0.4, -0.2) is 14.8 Å². The number of benzene rings is 1. The van der Waals surface area contributed by atoms with Gasteiger partial charge in [0.25, 0.3) is 0 Å². The molecule has 78 valence electrons. The first-order chi connectivity index (χ1) is 7.15. The maximum Gasteiger partial charge on any atom is 0.341 e. The van der Waals surface area contributed by atoms with E-state index in [1.165, 1.54) is 0 Å². The minimum absolute atomic E-state index is 0.301. The van der Waals surface area contributed by atoms with E-state index in [9.17, 15) is 0 Å². The third kappa shape index (κ3) is 2.07. The minimum Gasteiger partial charge on any atom is -0.421 e. The van der Waals surface area contributed by atoms with Gasteiger partial charge in [0, 0.05) is 7.05 Å². The molecule has 2 rings (SSSR count). The van der Waals surface area contributed by atoms with Crippen LogP contribution in [0.25, 0.3) is 0 Å². The Morgan fingerprint density at radius 3 is 2.87 bits per heavy atom. The van der Waals surface area contributed by atoms with E-state index in [0.717, 1.165) is 5.56 Å². The molecule has 0 spiro atoms. The van der Waals surface area contributed by atoms with Gasteiger partial charge in [0.2, 0.25) is 0 Å². The van der Waals surface area contributed by atoms with E-state index >= 15 is 0 Å². The number of aryl methyl sites for hydroxylation is 2. The van der Waals surface area contributed by atoms with Gasteiger partial charge in [-0.15, -0.1) is 5.10 Å². The molecule has 0 aliphatic rings. The highest BCUT2D eigenvalue weighted by Crippen LogP contribution is 2.25. The summed E-state index contributed by atoms with van der Waals surface area (Å²) in [6.45, 7) is 1.97. The lowest BCUT2D eigenvalue weighted by Crippen LogP contribution is -1.94. The van der Waals surface area contributed by atoms with Crippen molar-refractivity contribution < 1.29 is 4.74 Å². The number of hydrogen-bond acceptors (Lipinski definition) is 4. The van der Waals surface area contributed by atoms with Gasteiger partial charge in [0.05, 0.1) is 5.69 Å². The van der Waals surface area contributed by atoms with Gasteiger partial charge in [0.1, 0.15) is 6.33 Å². The van der Waals surface area contributed by atoms with Crippen molar-refractivity contribution in [2.24, 2.45) is 7.05 Å². The largest absolute Gasteiger partial charge is 0.421 e. The van der Waals surface area contributed by atoms with Gasteiger partial charge in [0.15, 0.2) is 5.75 Å². The topological polar surface area (TPSA) is 66.0 Å². The summed E-state index contributed by atoms with van der Waals surface area (Å²) in [6.07, 6.45) is 1.57. The van der Waals surface area contributed by atoms with Crippen LogP contribution in [0.2, 0.25) is 0 Å². The number of ether oxygens (including phenoxy) is 1. The van der Waals surface area contributed by atoms with Crippen molar-refractivity contribution >= 4 is 5.69 Å². The maximum absolute atomic E-state index is 5.76. The normalized spacial score (nSPS) is 10.3. The van der Waals surface area contributed by atoms with Gasteiger partial charge in [-0.05, 0) is 24.6 Å². The van der Waals surface area contributed by atoms with Crippen LogP contribution in [0.4, 0.5) is 5.69 Å². The second kappa shape index (κ2) is 3.61. The molecule has 5 nitrogen and oxygen atoms in total. The predicted molar refractivity (Wildman–Crippen MR) is 56.7 cm³/mol. The summed E-state index contributed by atoms with van der Waals surface area (Å²) in [5, 5.41) is 4.00. The van der Waals surface area contributed by atoms with Crippen LogP contribution in [0.3, 0.4) is 0 Å². The van der Waals surface area contributed by atoms with Crippen molar-refractivity contribution in [2.75, 3.05) is 5.73 Å². The zero-order valence-electron chi connectivity index (χ0n) is 8.64. The maximum atomic E-state index is 5.76. The number of nitrogens with two attached hydrogens (primary N) is 1. The Morgan fingerprint density at radius 1 is 1.40 bits per heavy atom. The Bertz CT molecular complexity index is 478. The van der Waals surface area contributed by atoms with Gasteiger partial charge in [-0.1, -0.05) is 6.07 Å². The van der Waals surface area contributed by atoms with Crippen molar-refractivity contribution in [1.82, 2.24) is 14.8 Å². The number of nitrogen functional groups attached to an aromatic ring is 1. The molecule has 0 atom stereocenters. The van der Waals surface area contributed by atoms with E-state index in [2.05, 4.69) is 10.1 Å². The number of anilines is 1. The Hall–Kier alpha value is -2.04. The summed E-state index contributed by atoms with van der Waals surface area (Å²) in [7, 11) is 1.78. The Labute approximate surface area is 87.5 Å². The molecule has 2 aromatic rings. The number of rotatable bonds is 2. The molecule has 5 heteroatoms.